The zero-order valence-corrected chi connectivity index (χ0v) is 24.1. The van der Waals surface area contributed by atoms with Gasteiger partial charge in [0.2, 0.25) is 0 Å². The first kappa shape index (κ1) is 26.5. The molecule has 0 bridgehead atoms. The third-order valence-corrected chi connectivity index (χ3v) is 12.7. The molecular formula is C32H45NO4. The summed E-state index contributed by atoms with van der Waals surface area (Å²) in [6, 6.07) is 2.29. The second-order valence-electron chi connectivity index (χ2n) is 15.2. The number of esters is 1. The van der Waals surface area contributed by atoms with Gasteiger partial charge in [-0.05, 0) is 90.9 Å². The van der Waals surface area contributed by atoms with Crippen LogP contribution in [0.15, 0.2) is 23.0 Å². The summed E-state index contributed by atoms with van der Waals surface area (Å²) in [5.41, 5.74) is -0.275. The number of hydrogen-bond donors (Lipinski definition) is 1. The molecule has 5 aliphatic carbocycles. The number of carbonyl (C=O) groups is 2. The van der Waals surface area contributed by atoms with Gasteiger partial charge in [0.25, 0.3) is 0 Å². The zero-order chi connectivity index (χ0) is 27.4. The van der Waals surface area contributed by atoms with Crippen molar-refractivity contribution >= 4 is 11.8 Å². The molecule has 5 heteroatoms. The highest BCUT2D eigenvalue weighted by Crippen LogP contribution is 2.75. The second-order valence-corrected chi connectivity index (χ2v) is 15.2. The number of ether oxygens (including phenoxy) is 1. The number of rotatable bonds is 1. The predicted octanol–water partition coefficient (Wildman–Crippen LogP) is 7.09. The molecule has 5 rings (SSSR count). The molecule has 0 aliphatic heterocycles. The summed E-state index contributed by atoms with van der Waals surface area (Å²) < 4.78 is 5.42. The van der Waals surface area contributed by atoms with Crippen LogP contribution in [0.1, 0.15) is 99.8 Å². The molecule has 5 nitrogen and oxygen atoms in total. The molecule has 5 aliphatic rings. The van der Waals surface area contributed by atoms with E-state index in [4.69, 9.17) is 4.74 Å². The summed E-state index contributed by atoms with van der Waals surface area (Å²) in [7, 11) is 1.49. The van der Waals surface area contributed by atoms with E-state index in [2.05, 4.69) is 54.5 Å². The highest BCUT2D eigenvalue weighted by Gasteiger charge is 2.71. The fourth-order valence-corrected chi connectivity index (χ4v) is 10.5. The van der Waals surface area contributed by atoms with Crippen molar-refractivity contribution in [2.75, 3.05) is 7.11 Å². The fourth-order valence-electron chi connectivity index (χ4n) is 10.5. The van der Waals surface area contributed by atoms with Gasteiger partial charge in [-0.2, -0.15) is 5.26 Å². The number of carbonyl (C=O) groups excluding carboxylic acids is 2. The van der Waals surface area contributed by atoms with Gasteiger partial charge in [0.15, 0.2) is 5.78 Å². The first-order chi connectivity index (χ1) is 17.0. The Morgan fingerprint density at radius 1 is 1.05 bits per heavy atom. The molecule has 3 saturated carbocycles. The number of allylic oxidation sites excluding steroid dienone is 4. The Labute approximate surface area is 222 Å². The van der Waals surface area contributed by atoms with E-state index in [1.165, 1.54) is 12.7 Å². The lowest BCUT2D eigenvalue weighted by atomic mass is 9.34. The van der Waals surface area contributed by atoms with Crippen LogP contribution in [0.3, 0.4) is 0 Å². The van der Waals surface area contributed by atoms with Gasteiger partial charge in [-0.15, -0.1) is 0 Å². The van der Waals surface area contributed by atoms with Crippen LogP contribution in [0.25, 0.3) is 0 Å². The molecule has 37 heavy (non-hydrogen) atoms. The summed E-state index contributed by atoms with van der Waals surface area (Å²) in [4.78, 5) is 27.8. The lowest BCUT2D eigenvalue weighted by Gasteiger charge is -2.69. The van der Waals surface area contributed by atoms with Crippen LogP contribution >= 0.6 is 0 Å². The van der Waals surface area contributed by atoms with E-state index in [1.807, 2.05) is 6.08 Å². The Kier molecular flexibility index (Phi) is 5.54. The van der Waals surface area contributed by atoms with Gasteiger partial charge in [0, 0.05) is 11.3 Å². The Hall–Kier alpha value is -2.09. The van der Waals surface area contributed by atoms with E-state index in [9.17, 15) is 20.0 Å². The number of fused-ring (bicyclic) bond motifs is 7. The van der Waals surface area contributed by atoms with Gasteiger partial charge in [-0.25, -0.2) is 0 Å². The third kappa shape index (κ3) is 3.14. The fraction of sp³-hybridized carbons (Fsp3) is 0.781. The minimum Gasteiger partial charge on any atom is -0.511 e. The molecule has 3 fully saturated rings. The minimum atomic E-state index is -0.581. The number of hydrogen-bond acceptors (Lipinski definition) is 5. The molecule has 1 N–H and O–H groups in total. The normalized spacial score (nSPS) is 45.9. The molecule has 7 atom stereocenters. The van der Waals surface area contributed by atoms with Crippen LogP contribution < -0.4 is 0 Å². The van der Waals surface area contributed by atoms with Gasteiger partial charge in [0.05, 0.1) is 24.2 Å². The van der Waals surface area contributed by atoms with Crippen LogP contribution in [0.5, 0.6) is 0 Å². The largest absolute Gasteiger partial charge is 0.511 e. The Morgan fingerprint density at radius 2 is 1.70 bits per heavy atom. The van der Waals surface area contributed by atoms with Crippen molar-refractivity contribution in [1.29, 1.82) is 5.26 Å². The average molecular weight is 508 g/mol. The number of aliphatic hydroxyl groups is 1. The summed E-state index contributed by atoms with van der Waals surface area (Å²) in [6.45, 7) is 15.6. The summed E-state index contributed by atoms with van der Waals surface area (Å²) in [6.07, 6.45) is 8.50. The molecular weight excluding hydrogens is 462 g/mol. The lowest BCUT2D eigenvalue weighted by Crippen LogP contribution is -2.65. The van der Waals surface area contributed by atoms with Gasteiger partial charge in [-0.1, -0.05) is 54.0 Å². The third-order valence-electron chi connectivity index (χ3n) is 12.7. The summed E-state index contributed by atoms with van der Waals surface area (Å²) in [5, 5.41) is 20.9. The Bertz CT molecular complexity index is 1170. The quantitative estimate of drug-likeness (QED) is 0.383. The minimum absolute atomic E-state index is 0.0310. The van der Waals surface area contributed by atoms with Crippen LogP contribution in [0.4, 0.5) is 0 Å². The van der Waals surface area contributed by atoms with Gasteiger partial charge in [-0.3, -0.25) is 9.59 Å². The number of aliphatic hydroxyl groups excluding tert-OH is 1. The average Bonchev–Trinajstić information content (AvgIpc) is 2.82. The first-order valence-electron chi connectivity index (χ1n) is 14.2. The van der Waals surface area contributed by atoms with Gasteiger partial charge >= 0.3 is 5.97 Å². The zero-order valence-electron chi connectivity index (χ0n) is 24.1. The second kappa shape index (κ2) is 7.73. The molecule has 0 saturated heterocycles. The molecule has 0 aromatic carbocycles. The summed E-state index contributed by atoms with van der Waals surface area (Å²) >= 11 is 0. The molecule has 2 unspecified atom stereocenters. The number of nitriles is 1. The molecule has 0 aromatic heterocycles. The van der Waals surface area contributed by atoms with Crippen molar-refractivity contribution in [3.05, 3.63) is 23.0 Å². The van der Waals surface area contributed by atoms with Crippen molar-refractivity contribution < 1.29 is 19.4 Å². The van der Waals surface area contributed by atoms with Crippen LogP contribution in [-0.4, -0.2) is 24.0 Å². The van der Waals surface area contributed by atoms with E-state index in [-0.39, 0.29) is 56.9 Å². The predicted molar refractivity (Wildman–Crippen MR) is 142 cm³/mol. The van der Waals surface area contributed by atoms with E-state index in [0.717, 1.165) is 44.9 Å². The van der Waals surface area contributed by atoms with Crippen molar-refractivity contribution in [3.8, 4) is 6.07 Å². The molecule has 0 heterocycles. The smallest absolute Gasteiger partial charge is 0.312 e. The summed E-state index contributed by atoms with van der Waals surface area (Å²) in [5.74, 6) is 0.143. The van der Waals surface area contributed by atoms with E-state index < -0.39 is 10.8 Å². The van der Waals surface area contributed by atoms with Gasteiger partial charge < -0.3 is 9.84 Å². The van der Waals surface area contributed by atoms with Crippen LogP contribution in [0.2, 0.25) is 0 Å². The van der Waals surface area contributed by atoms with E-state index in [1.54, 1.807) is 0 Å². The van der Waals surface area contributed by atoms with E-state index >= 15 is 0 Å². The Morgan fingerprint density at radius 3 is 2.32 bits per heavy atom. The van der Waals surface area contributed by atoms with E-state index in [0.29, 0.717) is 12.0 Å². The maximum Gasteiger partial charge on any atom is 0.312 e. The maximum absolute atomic E-state index is 14.4. The molecule has 202 valence electrons. The monoisotopic (exact) mass is 507 g/mol. The molecule has 0 aromatic rings. The van der Waals surface area contributed by atoms with Crippen molar-refractivity contribution in [2.45, 2.75) is 99.8 Å². The highest BCUT2D eigenvalue weighted by molar-refractivity contribution is 5.96. The molecule has 0 amide bonds. The molecule has 0 spiro atoms. The molecule has 0 radical (unpaired) electrons. The highest BCUT2D eigenvalue weighted by atomic mass is 16.5. The SMILES string of the molecule is COC(=O)[C@]12CCC(C)(C)CC1C1C(=O)C=C3[C@@]4(C)CC(C#N)=C(O)C(C)(C)[C@@H]4CC[C@@]3(C)[C@]1(C)CC2. The first-order valence-corrected chi connectivity index (χ1v) is 14.2. The topological polar surface area (TPSA) is 87.4 Å². The van der Waals surface area contributed by atoms with Crippen LogP contribution in [-0.2, 0) is 14.3 Å². The standard InChI is InChI=1S/C32H45NO4/c1-27(2)11-13-32(26(36)37-8)14-12-31(7)24(20(32)17-27)21(34)15-23-29(5)16-19(18-33)25(35)28(3,4)22(29)9-10-30(23,31)6/h15,20,22,24,35H,9-14,16-17H2,1-8H3/t20?,22-,24?,29-,30+,31+,32-/m0/s1. The van der Waals surface area contributed by atoms with Gasteiger partial charge in [0.1, 0.15) is 5.76 Å². The van der Waals surface area contributed by atoms with Crippen molar-refractivity contribution in [2.24, 2.45) is 50.2 Å². The number of nitrogens with zero attached hydrogens (tertiary/aromatic N) is 1. The van der Waals surface area contributed by atoms with Crippen molar-refractivity contribution in [3.63, 3.8) is 0 Å². The maximum atomic E-state index is 14.4. The lowest BCUT2D eigenvalue weighted by molar-refractivity contribution is -0.192. The number of methoxy groups -OCH3 is 1. The van der Waals surface area contributed by atoms with Crippen LogP contribution in [0, 0.1) is 61.6 Å². The van der Waals surface area contributed by atoms with Crippen molar-refractivity contribution in [1.82, 2.24) is 0 Å². The number of ketones is 1. The Balaban J connectivity index is 1.68.